The van der Waals surface area contributed by atoms with Crippen LogP contribution in [0.2, 0.25) is 0 Å². The molecule has 6 heteroatoms. The van der Waals surface area contributed by atoms with E-state index in [1.165, 1.54) is 19.3 Å². The van der Waals surface area contributed by atoms with Crippen molar-refractivity contribution in [1.29, 1.82) is 0 Å². The number of carbonyl (C=O) groups excluding carboxylic acids is 1. The Morgan fingerprint density at radius 1 is 1.32 bits per heavy atom. The van der Waals surface area contributed by atoms with Gasteiger partial charge in [0.15, 0.2) is 18.1 Å². The zero-order valence-electron chi connectivity index (χ0n) is 11.1. The van der Waals surface area contributed by atoms with Gasteiger partial charge < -0.3 is 18.9 Å². The van der Waals surface area contributed by atoms with Gasteiger partial charge in [0.25, 0.3) is 0 Å². The van der Waals surface area contributed by atoms with Crippen LogP contribution >= 0.6 is 0 Å². The Morgan fingerprint density at radius 2 is 2.05 bits per heavy atom. The number of aryl methyl sites for hydroxylation is 1. The zero-order chi connectivity index (χ0) is 13.7. The number of carbonyl (C=O) groups is 1. The molecule has 0 bridgehead atoms. The average molecular weight is 269 g/mol. The highest BCUT2D eigenvalue weighted by Crippen LogP contribution is 2.22. The summed E-state index contributed by atoms with van der Waals surface area (Å²) in [5.74, 6) is 0.358. The lowest BCUT2D eigenvalue weighted by Crippen LogP contribution is -2.30. The fourth-order valence-corrected chi connectivity index (χ4v) is 2.31. The lowest BCUT2D eigenvalue weighted by atomic mass is 9.89. The van der Waals surface area contributed by atoms with Gasteiger partial charge >= 0.3 is 11.9 Å². The minimum Gasteiger partial charge on any atom is -0.441 e. The second-order valence-electron chi connectivity index (χ2n) is 4.89. The van der Waals surface area contributed by atoms with Crippen molar-refractivity contribution in [2.24, 2.45) is 5.92 Å². The third-order valence-corrected chi connectivity index (χ3v) is 3.43. The van der Waals surface area contributed by atoms with Gasteiger partial charge in [-0.15, -0.1) is 0 Å². The molecule has 6 nitrogen and oxygen atoms in total. The summed E-state index contributed by atoms with van der Waals surface area (Å²) in [6.07, 6.45) is 5.60. The molecule has 2 rings (SSSR count). The van der Waals surface area contributed by atoms with E-state index in [9.17, 15) is 9.59 Å². The Morgan fingerprint density at radius 3 is 2.68 bits per heavy atom. The highest BCUT2D eigenvalue weighted by atomic mass is 16.6. The van der Waals surface area contributed by atoms with Gasteiger partial charge in [0.05, 0.1) is 0 Å². The fraction of sp³-hybridized carbons (Fsp3) is 0.692. The van der Waals surface area contributed by atoms with E-state index in [4.69, 9.17) is 9.15 Å². The van der Waals surface area contributed by atoms with Crippen molar-refractivity contribution in [2.45, 2.75) is 45.6 Å². The van der Waals surface area contributed by atoms with Crippen LogP contribution in [0, 0.1) is 12.8 Å². The summed E-state index contributed by atoms with van der Waals surface area (Å²) in [5, 5.41) is 2.74. The molecule has 1 aliphatic carbocycles. The maximum Gasteiger partial charge on any atom is 0.519 e. The topological polar surface area (TPSA) is 81.7 Å². The van der Waals surface area contributed by atoms with Crippen LogP contribution in [0.1, 0.15) is 43.6 Å². The number of amides is 1. The summed E-state index contributed by atoms with van der Waals surface area (Å²) in [5.41, 5.74) is 0. The molecule has 0 radical (unpaired) electrons. The molecule has 0 aliphatic heterocycles. The minimum atomic E-state index is -0.779. The van der Waals surface area contributed by atoms with Crippen molar-refractivity contribution < 1.29 is 18.4 Å². The van der Waals surface area contributed by atoms with E-state index in [0.717, 1.165) is 12.8 Å². The molecule has 1 saturated carbocycles. The monoisotopic (exact) mass is 269 g/mol. The van der Waals surface area contributed by atoms with Gasteiger partial charge in [0.1, 0.15) is 0 Å². The molecule has 19 heavy (non-hydrogen) atoms. The number of alkyl carbamates (subject to hydrolysis) is 1. The predicted octanol–water partition coefficient (Wildman–Crippen LogP) is 2.35. The van der Waals surface area contributed by atoms with Crippen LogP contribution in [0.4, 0.5) is 4.79 Å². The van der Waals surface area contributed by atoms with Crippen molar-refractivity contribution in [3.05, 3.63) is 22.1 Å². The van der Waals surface area contributed by atoms with E-state index in [2.05, 4.69) is 9.73 Å². The van der Waals surface area contributed by atoms with Crippen LogP contribution in [0.25, 0.3) is 0 Å². The number of ether oxygens (including phenoxy) is 1. The third kappa shape index (κ3) is 4.15. The summed E-state index contributed by atoms with van der Waals surface area (Å²) in [6.45, 7) is 2.14. The molecule has 0 unspecified atom stereocenters. The lowest BCUT2D eigenvalue weighted by molar-refractivity contribution is 0.127. The van der Waals surface area contributed by atoms with Crippen LogP contribution in [0.3, 0.4) is 0 Å². The molecular weight excluding hydrogens is 250 g/mol. The van der Waals surface area contributed by atoms with Crippen LogP contribution in [0.5, 0.6) is 0 Å². The van der Waals surface area contributed by atoms with E-state index in [1.54, 1.807) is 6.92 Å². The molecule has 0 atom stereocenters. The van der Waals surface area contributed by atoms with Gasteiger partial charge in [-0.1, -0.05) is 19.3 Å². The van der Waals surface area contributed by atoms with E-state index in [0.29, 0.717) is 18.2 Å². The Kier molecular flexibility index (Phi) is 4.65. The maximum absolute atomic E-state index is 11.5. The summed E-state index contributed by atoms with van der Waals surface area (Å²) >= 11 is 0. The highest BCUT2D eigenvalue weighted by Gasteiger charge is 2.15. The average Bonchev–Trinajstić information content (AvgIpc) is 2.73. The number of rotatable bonds is 4. The first-order valence-corrected chi connectivity index (χ1v) is 6.65. The quantitative estimate of drug-likeness (QED) is 0.907. The largest absolute Gasteiger partial charge is 0.519 e. The molecule has 0 spiro atoms. The van der Waals surface area contributed by atoms with E-state index < -0.39 is 11.9 Å². The second kappa shape index (κ2) is 6.45. The van der Waals surface area contributed by atoms with Crippen molar-refractivity contribution in [3.63, 3.8) is 0 Å². The fourth-order valence-electron chi connectivity index (χ4n) is 2.31. The van der Waals surface area contributed by atoms with Gasteiger partial charge in [0.2, 0.25) is 0 Å². The zero-order valence-corrected chi connectivity index (χ0v) is 11.1. The van der Waals surface area contributed by atoms with E-state index in [1.807, 2.05) is 0 Å². The standard InChI is InChI=1S/C13H19NO5/c1-9-11(19-13(16)18-9)8-17-12(15)14-7-10-5-3-2-4-6-10/h10H,2-8H2,1H3,(H,14,15). The van der Waals surface area contributed by atoms with Gasteiger partial charge in [-0.25, -0.2) is 9.59 Å². The Bertz CT molecular complexity index is 470. The van der Waals surface area contributed by atoms with Crippen LogP contribution < -0.4 is 11.1 Å². The Hall–Kier alpha value is -1.72. The first-order chi connectivity index (χ1) is 9.15. The Labute approximate surface area is 111 Å². The molecule has 1 aliphatic rings. The smallest absolute Gasteiger partial charge is 0.441 e. The molecule has 1 fully saturated rings. The molecule has 1 aromatic rings. The summed E-state index contributed by atoms with van der Waals surface area (Å²) in [7, 11) is 0. The van der Waals surface area contributed by atoms with Crippen LogP contribution in [-0.2, 0) is 11.3 Å². The molecule has 1 amide bonds. The van der Waals surface area contributed by atoms with Crippen LogP contribution in [-0.4, -0.2) is 12.6 Å². The van der Waals surface area contributed by atoms with Gasteiger partial charge in [-0.2, -0.15) is 0 Å². The van der Waals surface area contributed by atoms with Gasteiger partial charge in [-0.3, -0.25) is 0 Å². The molecule has 1 N–H and O–H groups in total. The van der Waals surface area contributed by atoms with Crippen molar-refractivity contribution in [3.8, 4) is 0 Å². The molecular formula is C13H19NO5. The van der Waals surface area contributed by atoms with Gasteiger partial charge in [-0.05, 0) is 25.7 Å². The summed E-state index contributed by atoms with van der Waals surface area (Å²) < 4.78 is 14.4. The number of nitrogens with one attached hydrogen (secondary N) is 1. The van der Waals surface area contributed by atoms with Crippen molar-refractivity contribution in [2.75, 3.05) is 6.54 Å². The van der Waals surface area contributed by atoms with Crippen LogP contribution in [0.15, 0.2) is 13.6 Å². The molecule has 106 valence electrons. The molecule has 1 heterocycles. The maximum atomic E-state index is 11.5. The van der Waals surface area contributed by atoms with E-state index in [-0.39, 0.29) is 12.4 Å². The van der Waals surface area contributed by atoms with Gasteiger partial charge in [0, 0.05) is 6.54 Å². The third-order valence-electron chi connectivity index (χ3n) is 3.43. The van der Waals surface area contributed by atoms with Crippen molar-refractivity contribution >= 4 is 6.09 Å². The van der Waals surface area contributed by atoms with E-state index >= 15 is 0 Å². The highest BCUT2D eigenvalue weighted by molar-refractivity contribution is 5.67. The SMILES string of the molecule is Cc1oc(=O)oc1COC(=O)NCC1CCCCC1. The first kappa shape index (κ1) is 13.7. The predicted molar refractivity (Wildman–Crippen MR) is 66.7 cm³/mol. The number of hydrogen-bond acceptors (Lipinski definition) is 5. The summed E-state index contributed by atoms with van der Waals surface area (Å²) in [6, 6.07) is 0. The van der Waals surface area contributed by atoms with Crippen molar-refractivity contribution in [1.82, 2.24) is 5.32 Å². The number of hydrogen-bond donors (Lipinski definition) is 1. The molecule has 1 aromatic heterocycles. The summed E-state index contributed by atoms with van der Waals surface area (Å²) in [4.78, 5) is 22.3. The second-order valence-corrected chi connectivity index (χ2v) is 4.89. The molecule has 0 saturated heterocycles. The molecule has 0 aromatic carbocycles. The normalized spacial score (nSPS) is 16.3. The lowest BCUT2D eigenvalue weighted by Gasteiger charge is -2.21. The first-order valence-electron chi connectivity index (χ1n) is 6.65. The minimum absolute atomic E-state index is 0.0892. The Balaban J connectivity index is 1.69.